The molecule has 11 heteroatoms. The number of carbonyl (C=O) groups excluding carboxylic acids is 3. The Balaban J connectivity index is 1.77. The van der Waals surface area contributed by atoms with Crippen molar-refractivity contribution in [2.45, 2.75) is 43.8 Å². The molecular weight excluding hydrogens is 458 g/mol. The van der Waals surface area contributed by atoms with E-state index in [2.05, 4.69) is 26.3 Å². The standard InChI is InChI=1S/C23H31N5O5S/c1-34-10-8-18(21(31)26-13-20(29)30)27-23(33)19(28-22(32)17-7-4-9-24-17)11-14-12-25-16-6-3-2-5-15(14)16/h2-3,5-6,12,17-19,24-25H,4,7-11,13H2,1H3,(H,26,31)(H,27,33)(H,28,32)(H,29,30). The number of carboxylic acids is 1. The highest BCUT2D eigenvalue weighted by molar-refractivity contribution is 7.98. The Hall–Kier alpha value is -3.05. The summed E-state index contributed by atoms with van der Waals surface area (Å²) in [6, 6.07) is 5.51. The van der Waals surface area contributed by atoms with Crippen LogP contribution in [0.15, 0.2) is 30.5 Å². The molecule has 2 aromatic rings. The minimum absolute atomic E-state index is 0.236. The molecule has 0 bridgehead atoms. The SMILES string of the molecule is CSCCC(NC(=O)C(Cc1c[nH]c2ccccc12)NC(=O)C1CCCN1)C(=O)NCC(=O)O. The van der Waals surface area contributed by atoms with Gasteiger partial charge in [-0.25, -0.2) is 0 Å². The molecule has 3 rings (SSSR count). The van der Waals surface area contributed by atoms with E-state index in [0.717, 1.165) is 29.4 Å². The summed E-state index contributed by atoms with van der Waals surface area (Å²) in [6.07, 6.45) is 5.84. The number of rotatable bonds is 12. The Bertz CT molecular complexity index is 1020. The van der Waals surface area contributed by atoms with Crippen LogP contribution < -0.4 is 21.3 Å². The van der Waals surface area contributed by atoms with E-state index in [0.29, 0.717) is 18.6 Å². The van der Waals surface area contributed by atoms with E-state index < -0.39 is 36.4 Å². The number of aromatic nitrogens is 1. The number of benzene rings is 1. The van der Waals surface area contributed by atoms with Crippen LogP contribution >= 0.6 is 11.8 Å². The van der Waals surface area contributed by atoms with Crippen LogP contribution in [0.4, 0.5) is 0 Å². The Morgan fingerprint density at radius 3 is 2.65 bits per heavy atom. The van der Waals surface area contributed by atoms with Gasteiger partial charge >= 0.3 is 5.97 Å². The number of nitrogens with one attached hydrogen (secondary N) is 5. The van der Waals surface area contributed by atoms with Crippen molar-refractivity contribution in [1.82, 2.24) is 26.3 Å². The monoisotopic (exact) mass is 489 g/mol. The third kappa shape index (κ3) is 6.97. The Kier molecular flexibility index (Phi) is 9.34. The first-order valence-corrected chi connectivity index (χ1v) is 12.7. The number of carboxylic acid groups (broad SMARTS) is 1. The summed E-state index contributed by atoms with van der Waals surface area (Å²) in [7, 11) is 0. The molecule has 34 heavy (non-hydrogen) atoms. The first kappa shape index (κ1) is 25.6. The largest absolute Gasteiger partial charge is 0.480 e. The fourth-order valence-corrected chi connectivity index (χ4v) is 4.44. The molecule has 1 aromatic heterocycles. The number of aliphatic carboxylic acids is 1. The van der Waals surface area contributed by atoms with E-state index in [9.17, 15) is 19.2 Å². The number of fused-ring (bicyclic) bond motifs is 1. The molecule has 2 heterocycles. The fraction of sp³-hybridized carbons (Fsp3) is 0.478. The molecule has 0 radical (unpaired) electrons. The zero-order valence-corrected chi connectivity index (χ0v) is 19.9. The van der Waals surface area contributed by atoms with Crippen molar-refractivity contribution in [2.75, 3.05) is 25.1 Å². The lowest BCUT2D eigenvalue weighted by molar-refractivity contribution is -0.138. The van der Waals surface area contributed by atoms with E-state index in [1.807, 2.05) is 36.7 Å². The minimum Gasteiger partial charge on any atom is -0.480 e. The van der Waals surface area contributed by atoms with Gasteiger partial charge in [-0.3, -0.25) is 19.2 Å². The Morgan fingerprint density at radius 1 is 1.15 bits per heavy atom. The molecule has 3 atom stereocenters. The average Bonchev–Trinajstić information content (AvgIpc) is 3.50. The number of thioether (sulfide) groups is 1. The van der Waals surface area contributed by atoms with Gasteiger partial charge in [0.2, 0.25) is 17.7 Å². The van der Waals surface area contributed by atoms with Crippen LogP contribution in [-0.4, -0.2) is 77.0 Å². The molecule has 10 nitrogen and oxygen atoms in total. The number of hydrogen-bond donors (Lipinski definition) is 6. The lowest BCUT2D eigenvalue weighted by Crippen LogP contribution is -2.56. The second-order valence-electron chi connectivity index (χ2n) is 8.23. The van der Waals surface area contributed by atoms with Crippen molar-refractivity contribution in [3.63, 3.8) is 0 Å². The third-order valence-corrected chi connectivity index (χ3v) is 6.41. The number of hydrogen-bond acceptors (Lipinski definition) is 6. The van der Waals surface area contributed by atoms with E-state index in [1.165, 1.54) is 11.8 Å². The Labute approximate surface area is 202 Å². The first-order valence-electron chi connectivity index (χ1n) is 11.3. The average molecular weight is 490 g/mol. The molecular formula is C23H31N5O5S. The van der Waals surface area contributed by atoms with Gasteiger partial charge in [0.1, 0.15) is 18.6 Å². The van der Waals surface area contributed by atoms with Crippen molar-refractivity contribution in [3.8, 4) is 0 Å². The molecule has 6 N–H and O–H groups in total. The third-order valence-electron chi connectivity index (χ3n) is 5.77. The summed E-state index contributed by atoms with van der Waals surface area (Å²) in [6.45, 7) is 0.214. The zero-order valence-electron chi connectivity index (χ0n) is 19.1. The second-order valence-corrected chi connectivity index (χ2v) is 9.21. The second kappa shape index (κ2) is 12.4. The normalized spacial score (nSPS) is 17.1. The molecule has 0 saturated carbocycles. The van der Waals surface area contributed by atoms with Crippen LogP contribution in [0, 0.1) is 0 Å². The predicted octanol–water partition coefficient (Wildman–Crippen LogP) is 0.386. The summed E-state index contributed by atoms with van der Waals surface area (Å²) in [5.74, 6) is -1.89. The van der Waals surface area contributed by atoms with Crippen LogP contribution in [0.5, 0.6) is 0 Å². The molecule has 3 unspecified atom stereocenters. The van der Waals surface area contributed by atoms with Crippen LogP contribution in [0.1, 0.15) is 24.8 Å². The number of H-pyrrole nitrogens is 1. The van der Waals surface area contributed by atoms with Crippen LogP contribution in [0.2, 0.25) is 0 Å². The van der Waals surface area contributed by atoms with Crippen molar-refractivity contribution in [3.05, 3.63) is 36.0 Å². The van der Waals surface area contributed by atoms with Gasteiger partial charge in [0, 0.05) is 23.5 Å². The van der Waals surface area contributed by atoms with Gasteiger partial charge in [0.05, 0.1) is 6.04 Å². The summed E-state index contributed by atoms with van der Waals surface area (Å²) >= 11 is 1.51. The van der Waals surface area contributed by atoms with Gasteiger partial charge in [0.25, 0.3) is 0 Å². The number of para-hydroxylation sites is 1. The van der Waals surface area contributed by atoms with Gasteiger partial charge in [-0.05, 0) is 49.4 Å². The van der Waals surface area contributed by atoms with Gasteiger partial charge in [-0.15, -0.1) is 0 Å². The van der Waals surface area contributed by atoms with E-state index >= 15 is 0 Å². The lowest BCUT2D eigenvalue weighted by Gasteiger charge is -2.24. The fourth-order valence-electron chi connectivity index (χ4n) is 3.97. The topological polar surface area (TPSA) is 152 Å². The molecule has 1 aromatic carbocycles. The summed E-state index contributed by atoms with van der Waals surface area (Å²) < 4.78 is 0. The van der Waals surface area contributed by atoms with Crippen molar-refractivity contribution in [2.24, 2.45) is 0 Å². The molecule has 1 aliphatic rings. The van der Waals surface area contributed by atoms with Crippen molar-refractivity contribution in [1.29, 1.82) is 0 Å². The molecule has 3 amide bonds. The molecule has 1 fully saturated rings. The van der Waals surface area contributed by atoms with E-state index in [4.69, 9.17) is 5.11 Å². The molecule has 1 aliphatic heterocycles. The van der Waals surface area contributed by atoms with Crippen molar-refractivity contribution < 1.29 is 24.3 Å². The maximum Gasteiger partial charge on any atom is 0.322 e. The highest BCUT2D eigenvalue weighted by Crippen LogP contribution is 2.19. The molecule has 0 aliphatic carbocycles. The highest BCUT2D eigenvalue weighted by atomic mass is 32.2. The molecule has 1 saturated heterocycles. The van der Waals surface area contributed by atoms with E-state index in [-0.39, 0.29) is 18.4 Å². The number of aromatic amines is 1. The molecule has 0 spiro atoms. The maximum absolute atomic E-state index is 13.3. The van der Waals surface area contributed by atoms with Crippen LogP contribution in [-0.2, 0) is 25.6 Å². The maximum atomic E-state index is 13.3. The lowest BCUT2D eigenvalue weighted by atomic mass is 10.0. The van der Waals surface area contributed by atoms with Gasteiger partial charge in [-0.2, -0.15) is 11.8 Å². The quantitative estimate of drug-likeness (QED) is 0.252. The van der Waals surface area contributed by atoms with Gasteiger partial charge in [-0.1, -0.05) is 18.2 Å². The summed E-state index contributed by atoms with van der Waals surface area (Å²) in [4.78, 5) is 52.7. The van der Waals surface area contributed by atoms with Gasteiger partial charge in [0.15, 0.2) is 0 Å². The number of amides is 3. The first-order chi connectivity index (χ1) is 16.4. The number of carbonyl (C=O) groups is 4. The Morgan fingerprint density at radius 2 is 1.94 bits per heavy atom. The van der Waals surface area contributed by atoms with Crippen LogP contribution in [0.25, 0.3) is 10.9 Å². The molecule has 184 valence electrons. The van der Waals surface area contributed by atoms with E-state index in [1.54, 1.807) is 0 Å². The highest BCUT2D eigenvalue weighted by Gasteiger charge is 2.30. The minimum atomic E-state index is -1.17. The zero-order chi connectivity index (χ0) is 24.5. The van der Waals surface area contributed by atoms with Crippen molar-refractivity contribution >= 4 is 46.4 Å². The predicted molar refractivity (Wildman–Crippen MR) is 131 cm³/mol. The van der Waals surface area contributed by atoms with Crippen LogP contribution in [0.3, 0.4) is 0 Å². The smallest absolute Gasteiger partial charge is 0.322 e. The summed E-state index contributed by atoms with van der Waals surface area (Å²) in [5, 5.41) is 20.9. The van der Waals surface area contributed by atoms with Gasteiger partial charge < -0.3 is 31.4 Å². The summed E-state index contributed by atoms with van der Waals surface area (Å²) in [5.41, 5.74) is 1.79.